The molecule has 0 fully saturated rings. The number of ether oxygens (including phenoxy) is 1. The SMILES string of the molecule is CCNC(CC(C)(C)OC)c1cnccc1C. The Kier molecular flexibility index (Phi) is 5.09. The van der Waals surface area contributed by atoms with E-state index >= 15 is 0 Å². The largest absolute Gasteiger partial charge is 0.379 e. The minimum atomic E-state index is -0.130. The molecular formula is C14H24N2O. The second-order valence-electron chi connectivity index (χ2n) is 5.01. The summed E-state index contributed by atoms with van der Waals surface area (Å²) >= 11 is 0. The second kappa shape index (κ2) is 6.12. The lowest BCUT2D eigenvalue weighted by Crippen LogP contribution is -2.32. The second-order valence-corrected chi connectivity index (χ2v) is 5.01. The van der Waals surface area contributed by atoms with Crippen LogP contribution in [0, 0.1) is 6.92 Å². The van der Waals surface area contributed by atoms with Crippen molar-refractivity contribution in [2.24, 2.45) is 0 Å². The number of hydrogen-bond donors (Lipinski definition) is 1. The maximum absolute atomic E-state index is 5.52. The van der Waals surface area contributed by atoms with Crippen molar-refractivity contribution in [1.82, 2.24) is 10.3 Å². The number of nitrogens with zero attached hydrogens (tertiary/aromatic N) is 1. The number of methoxy groups -OCH3 is 1. The number of aryl methyl sites for hydroxylation is 1. The van der Waals surface area contributed by atoms with Crippen molar-refractivity contribution < 1.29 is 4.74 Å². The van der Waals surface area contributed by atoms with Crippen LogP contribution in [0.3, 0.4) is 0 Å². The summed E-state index contributed by atoms with van der Waals surface area (Å²) in [5, 5.41) is 3.51. The Morgan fingerprint density at radius 1 is 1.47 bits per heavy atom. The molecule has 17 heavy (non-hydrogen) atoms. The molecule has 1 aromatic rings. The molecule has 96 valence electrons. The van der Waals surface area contributed by atoms with Gasteiger partial charge in [-0.25, -0.2) is 0 Å². The molecule has 1 aromatic heterocycles. The van der Waals surface area contributed by atoms with Crippen molar-refractivity contribution >= 4 is 0 Å². The number of nitrogens with one attached hydrogen (secondary N) is 1. The van der Waals surface area contributed by atoms with Crippen molar-refractivity contribution in [3.8, 4) is 0 Å². The van der Waals surface area contributed by atoms with Crippen LogP contribution in [0.5, 0.6) is 0 Å². The molecule has 0 saturated carbocycles. The van der Waals surface area contributed by atoms with Crippen LogP contribution in [-0.2, 0) is 4.74 Å². The summed E-state index contributed by atoms with van der Waals surface area (Å²) in [5.41, 5.74) is 2.41. The first-order valence-corrected chi connectivity index (χ1v) is 6.19. The van der Waals surface area contributed by atoms with E-state index in [0.717, 1.165) is 13.0 Å². The first kappa shape index (κ1) is 14.1. The Labute approximate surface area is 105 Å². The minimum absolute atomic E-state index is 0.130. The highest BCUT2D eigenvalue weighted by atomic mass is 16.5. The third-order valence-electron chi connectivity index (χ3n) is 3.15. The van der Waals surface area contributed by atoms with Gasteiger partial charge in [0.15, 0.2) is 0 Å². The van der Waals surface area contributed by atoms with Gasteiger partial charge < -0.3 is 10.1 Å². The molecule has 3 nitrogen and oxygen atoms in total. The van der Waals surface area contributed by atoms with E-state index in [4.69, 9.17) is 4.74 Å². The zero-order chi connectivity index (χ0) is 12.9. The summed E-state index contributed by atoms with van der Waals surface area (Å²) in [4.78, 5) is 4.22. The molecule has 0 aliphatic rings. The van der Waals surface area contributed by atoms with E-state index in [0.29, 0.717) is 6.04 Å². The molecule has 1 unspecified atom stereocenters. The van der Waals surface area contributed by atoms with Crippen LogP contribution in [0.4, 0.5) is 0 Å². The standard InChI is InChI=1S/C14H24N2O/c1-6-16-13(9-14(3,4)17-5)12-10-15-8-7-11(12)2/h7-8,10,13,16H,6,9H2,1-5H3. The van der Waals surface area contributed by atoms with Crippen LogP contribution in [0.25, 0.3) is 0 Å². The van der Waals surface area contributed by atoms with Crippen LogP contribution in [0.1, 0.15) is 44.4 Å². The minimum Gasteiger partial charge on any atom is -0.379 e. The zero-order valence-corrected chi connectivity index (χ0v) is 11.6. The van der Waals surface area contributed by atoms with E-state index in [2.05, 4.69) is 44.1 Å². The highest BCUT2D eigenvalue weighted by Gasteiger charge is 2.24. The fourth-order valence-corrected chi connectivity index (χ4v) is 1.95. The highest BCUT2D eigenvalue weighted by Crippen LogP contribution is 2.27. The predicted octanol–water partition coefficient (Wildman–Crippen LogP) is 2.86. The summed E-state index contributed by atoms with van der Waals surface area (Å²) in [5.74, 6) is 0. The molecule has 0 aromatic carbocycles. The average molecular weight is 236 g/mol. The lowest BCUT2D eigenvalue weighted by atomic mass is 9.92. The van der Waals surface area contributed by atoms with Crippen molar-refractivity contribution in [3.63, 3.8) is 0 Å². The molecule has 0 amide bonds. The molecule has 1 rings (SSSR count). The zero-order valence-electron chi connectivity index (χ0n) is 11.6. The highest BCUT2D eigenvalue weighted by molar-refractivity contribution is 5.25. The van der Waals surface area contributed by atoms with Crippen LogP contribution in [0.2, 0.25) is 0 Å². The quantitative estimate of drug-likeness (QED) is 0.824. The van der Waals surface area contributed by atoms with Gasteiger partial charge in [0.1, 0.15) is 0 Å². The Bertz CT molecular complexity index is 350. The third-order valence-corrected chi connectivity index (χ3v) is 3.15. The first-order chi connectivity index (χ1) is 8.00. The maximum atomic E-state index is 5.52. The smallest absolute Gasteiger partial charge is 0.0640 e. The molecule has 0 spiro atoms. The summed E-state index contributed by atoms with van der Waals surface area (Å²) in [6, 6.07) is 2.35. The Morgan fingerprint density at radius 2 is 2.18 bits per heavy atom. The number of hydrogen-bond acceptors (Lipinski definition) is 3. The number of aromatic nitrogens is 1. The van der Waals surface area contributed by atoms with Gasteiger partial charge in [-0.15, -0.1) is 0 Å². The van der Waals surface area contributed by atoms with Crippen molar-refractivity contribution in [1.29, 1.82) is 0 Å². The fourth-order valence-electron chi connectivity index (χ4n) is 1.95. The van der Waals surface area contributed by atoms with Gasteiger partial charge in [-0.05, 0) is 50.9 Å². The van der Waals surface area contributed by atoms with Gasteiger partial charge in [-0.3, -0.25) is 4.98 Å². The number of pyridine rings is 1. The molecule has 1 N–H and O–H groups in total. The van der Waals surface area contributed by atoms with Crippen LogP contribution >= 0.6 is 0 Å². The van der Waals surface area contributed by atoms with Gasteiger partial charge in [-0.1, -0.05) is 6.92 Å². The van der Waals surface area contributed by atoms with E-state index in [9.17, 15) is 0 Å². The van der Waals surface area contributed by atoms with E-state index in [1.165, 1.54) is 11.1 Å². The van der Waals surface area contributed by atoms with E-state index in [1.54, 1.807) is 7.11 Å². The Hall–Kier alpha value is -0.930. The van der Waals surface area contributed by atoms with E-state index < -0.39 is 0 Å². The molecular weight excluding hydrogens is 212 g/mol. The van der Waals surface area contributed by atoms with Gasteiger partial charge in [0, 0.05) is 25.5 Å². The van der Waals surface area contributed by atoms with Gasteiger partial charge in [0.25, 0.3) is 0 Å². The van der Waals surface area contributed by atoms with Crippen LogP contribution in [0.15, 0.2) is 18.5 Å². The summed E-state index contributed by atoms with van der Waals surface area (Å²) in [6.07, 6.45) is 4.72. The lowest BCUT2D eigenvalue weighted by molar-refractivity contribution is 0.00690. The molecule has 0 saturated heterocycles. The lowest BCUT2D eigenvalue weighted by Gasteiger charge is -2.29. The van der Waals surface area contributed by atoms with Gasteiger partial charge in [-0.2, -0.15) is 0 Å². The van der Waals surface area contributed by atoms with Crippen LogP contribution in [-0.4, -0.2) is 24.2 Å². The Balaban J connectivity index is 2.90. The predicted molar refractivity (Wildman–Crippen MR) is 71.1 cm³/mol. The molecule has 1 heterocycles. The topological polar surface area (TPSA) is 34.1 Å². The van der Waals surface area contributed by atoms with E-state index in [-0.39, 0.29) is 5.60 Å². The summed E-state index contributed by atoms with van der Waals surface area (Å²) in [6.45, 7) is 9.42. The third kappa shape index (κ3) is 4.10. The molecule has 1 atom stereocenters. The molecule has 0 aliphatic heterocycles. The van der Waals surface area contributed by atoms with Gasteiger partial charge in [0.2, 0.25) is 0 Å². The molecule has 0 aliphatic carbocycles. The van der Waals surface area contributed by atoms with Gasteiger partial charge >= 0.3 is 0 Å². The Morgan fingerprint density at radius 3 is 2.71 bits per heavy atom. The fraction of sp³-hybridized carbons (Fsp3) is 0.643. The normalized spacial score (nSPS) is 13.7. The van der Waals surface area contributed by atoms with Gasteiger partial charge in [0.05, 0.1) is 5.60 Å². The van der Waals surface area contributed by atoms with Crippen molar-refractivity contribution in [3.05, 3.63) is 29.6 Å². The average Bonchev–Trinajstić information content (AvgIpc) is 2.29. The first-order valence-electron chi connectivity index (χ1n) is 6.19. The van der Waals surface area contributed by atoms with E-state index in [1.807, 2.05) is 12.4 Å². The number of rotatable bonds is 6. The summed E-state index contributed by atoms with van der Waals surface area (Å²) in [7, 11) is 1.76. The molecule has 3 heteroatoms. The van der Waals surface area contributed by atoms with Crippen molar-refractivity contribution in [2.45, 2.75) is 45.8 Å². The molecule has 0 radical (unpaired) electrons. The monoisotopic (exact) mass is 236 g/mol. The van der Waals surface area contributed by atoms with Crippen molar-refractivity contribution in [2.75, 3.05) is 13.7 Å². The maximum Gasteiger partial charge on any atom is 0.0640 e. The molecule has 0 bridgehead atoms. The summed E-state index contributed by atoms with van der Waals surface area (Å²) < 4.78 is 5.52. The van der Waals surface area contributed by atoms with Crippen LogP contribution < -0.4 is 5.32 Å².